The number of aromatic nitrogens is 5. The Kier molecular flexibility index (Phi) is 10.3. The van der Waals surface area contributed by atoms with Crippen molar-refractivity contribution in [1.82, 2.24) is 29.9 Å². The molecule has 0 saturated heterocycles. The predicted octanol–water partition coefficient (Wildman–Crippen LogP) is 7.09. The molecule has 5 aromatic rings. The van der Waals surface area contributed by atoms with Gasteiger partial charge in [0, 0.05) is 35.7 Å². The van der Waals surface area contributed by atoms with Gasteiger partial charge in [0.15, 0.2) is 15.7 Å². The average molecular weight is 908 g/mol. The number of carbonyl (C=O) groups excluding carboxylic acids is 1. The molecule has 12 nitrogen and oxygen atoms in total. The predicted molar refractivity (Wildman–Crippen MR) is 213 cm³/mol. The third-order valence-electron chi connectivity index (χ3n) is 11.1. The molecular formula is C40H36ClF6N7O5S2. The van der Waals surface area contributed by atoms with Crippen LogP contribution in [0.2, 0.25) is 5.02 Å². The van der Waals surface area contributed by atoms with Crippen LogP contribution in [0.25, 0.3) is 22.0 Å². The van der Waals surface area contributed by atoms with E-state index in [2.05, 4.69) is 32.1 Å². The van der Waals surface area contributed by atoms with Gasteiger partial charge in [0.25, 0.3) is 12.3 Å². The van der Waals surface area contributed by atoms with Gasteiger partial charge in [0.1, 0.15) is 40.0 Å². The first-order valence-electron chi connectivity index (χ1n) is 18.9. The van der Waals surface area contributed by atoms with Crippen molar-refractivity contribution in [2.24, 2.45) is 13.0 Å². The average Bonchev–Trinajstić information content (AvgIpc) is 4.07. The van der Waals surface area contributed by atoms with Crippen molar-refractivity contribution in [3.05, 3.63) is 93.0 Å². The topological polar surface area (TPSA) is 158 Å². The Morgan fingerprint density at radius 1 is 1.02 bits per heavy atom. The van der Waals surface area contributed by atoms with Crippen LogP contribution < -0.4 is 10.0 Å². The number of halogens is 7. The third kappa shape index (κ3) is 7.84. The first-order valence-corrected chi connectivity index (χ1v) is 22.7. The summed E-state index contributed by atoms with van der Waals surface area (Å²) in [5, 5.41) is 10.5. The van der Waals surface area contributed by atoms with Crippen LogP contribution in [0.1, 0.15) is 85.4 Å². The van der Waals surface area contributed by atoms with Crippen LogP contribution in [-0.4, -0.2) is 63.5 Å². The van der Waals surface area contributed by atoms with Crippen molar-refractivity contribution in [3.63, 3.8) is 0 Å². The molecule has 0 aliphatic heterocycles. The number of aryl methyl sites for hydroxylation is 1. The summed E-state index contributed by atoms with van der Waals surface area (Å²) < 4.78 is 142. The molecule has 0 radical (unpaired) electrons. The van der Waals surface area contributed by atoms with Gasteiger partial charge in [-0.3, -0.25) is 18.9 Å². The zero-order valence-corrected chi connectivity index (χ0v) is 35.1. The maximum Gasteiger partial charge on any atom is 0.293 e. The fourth-order valence-electron chi connectivity index (χ4n) is 8.09. The van der Waals surface area contributed by atoms with Gasteiger partial charge >= 0.3 is 0 Å². The standard InChI is InChI=1S/C40H36ClF6N7O5S2/c1-39(2,61(58,59)23-6-7-23)12-11-22-5-8-24(25-9-10-28(41)32-35(25)53(3)51-38(32)52-60(4,56)57)33(48-22)29(15-19-13-20(42)16-21(43)14-19)49-30(55)18-54-36-31(34(50-54)37(44)45)26-17-27(26)40(36,46)47/h5,8-10,13-14,16,23,26-27,29,37H,6-7,15,17-18H2,1-4H3,(H,49,55)(H,51,52)/t26-,27+,29-/m0/s1. The third-order valence-corrected chi connectivity index (χ3v) is 14.8. The monoisotopic (exact) mass is 907 g/mol. The molecule has 322 valence electrons. The van der Waals surface area contributed by atoms with Crippen LogP contribution >= 0.6 is 11.6 Å². The highest BCUT2D eigenvalue weighted by molar-refractivity contribution is 7.93. The Morgan fingerprint density at radius 3 is 2.33 bits per heavy atom. The van der Waals surface area contributed by atoms with E-state index >= 15 is 8.78 Å². The lowest BCUT2D eigenvalue weighted by atomic mass is 9.93. The van der Waals surface area contributed by atoms with E-state index in [1.54, 1.807) is 6.07 Å². The molecule has 1 amide bonds. The van der Waals surface area contributed by atoms with Crippen LogP contribution in [-0.2, 0) is 50.6 Å². The first kappa shape index (κ1) is 42.6. The first-order chi connectivity index (χ1) is 28.5. The maximum atomic E-state index is 15.5. The van der Waals surface area contributed by atoms with Gasteiger partial charge < -0.3 is 5.32 Å². The molecule has 2 N–H and O–H groups in total. The summed E-state index contributed by atoms with van der Waals surface area (Å²) >= 11 is 6.61. The second-order valence-electron chi connectivity index (χ2n) is 16.1. The highest BCUT2D eigenvalue weighted by Gasteiger charge is 2.67. The Hall–Kier alpha value is -5.13. The normalized spacial score (nSPS) is 18.7. The van der Waals surface area contributed by atoms with Gasteiger partial charge in [-0.05, 0) is 87.3 Å². The van der Waals surface area contributed by atoms with E-state index in [9.17, 15) is 39.2 Å². The molecule has 3 heterocycles. The number of amides is 1. The minimum absolute atomic E-state index is 0.00168. The van der Waals surface area contributed by atoms with Crippen LogP contribution in [0.5, 0.6) is 0 Å². The number of anilines is 1. The van der Waals surface area contributed by atoms with E-state index < -0.39 is 95.6 Å². The van der Waals surface area contributed by atoms with Crippen molar-refractivity contribution < 1.29 is 48.0 Å². The van der Waals surface area contributed by atoms with E-state index in [0.717, 1.165) is 18.4 Å². The van der Waals surface area contributed by atoms with E-state index in [4.69, 9.17) is 16.6 Å². The number of hydrogen-bond acceptors (Lipinski definition) is 8. The molecule has 3 aliphatic carbocycles. The second kappa shape index (κ2) is 14.8. The van der Waals surface area contributed by atoms with Crippen molar-refractivity contribution in [2.75, 3.05) is 11.0 Å². The zero-order valence-electron chi connectivity index (χ0n) is 32.7. The highest BCUT2D eigenvalue weighted by atomic mass is 35.5. The Balaban J connectivity index is 1.29. The Bertz CT molecular complexity index is 2940. The number of alkyl halides is 4. The molecule has 0 spiro atoms. The number of hydrogen-bond donors (Lipinski definition) is 2. The molecule has 21 heteroatoms. The number of sulfonamides is 1. The highest BCUT2D eigenvalue weighted by Crippen LogP contribution is 2.68. The lowest BCUT2D eigenvalue weighted by Gasteiger charge is -2.23. The van der Waals surface area contributed by atoms with Gasteiger partial charge in [0.05, 0.1) is 39.2 Å². The largest absolute Gasteiger partial charge is 0.346 e. The summed E-state index contributed by atoms with van der Waals surface area (Å²) in [6, 6.07) is 7.26. The maximum absolute atomic E-state index is 15.5. The fraction of sp³-hybridized carbons (Fsp3) is 0.400. The van der Waals surface area contributed by atoms with Crippen molar-refractivity contribution in [1.29, 1.82) is 0 Å². The summed E-state index contributed by atoms with van der Waals surface area (Å²) in [5.41, 5.74) is -1.11. The SMILES string of the molecule is Cn1nc(NS(C)(=O)=O)c2c(Cl)ccc(-c3ccc(C#CC(C)(C)S(=O)(=O)C4CC4)nc3[C@H](Cc3cc(F)cc(F)c3)NC(=O)Cn3nc(C(F)F)c4c3C(F)(F)[C@@H]3C[C@H]43)c21. The molecule has 0 bridgehead atoms. The minimum atomic E-state index is -3.86. The van der Waals surface area contributed by atoms with Crippen LogP contribution in [0, 0.1) is 29.4 Å². The number of fused-ring (bicyclic) bond motifs is 4. The van der Waals surface area contributed by atoms with Gasteiger partial charge in [-0.25, -0.2) is 39.4 Å². The van der Waals surface area contributed by atoms with Gasteiger partial charge in [0.2, 0.25) is 15.9 Å². The lowest BCUT2D eigenvalue weighted by Crippen LogP contribution is -2.35. The van der Waals surface area contributed by atoms with Gasteiger partial charge in [-0.15, -0.1) is 0 Å². The van der Waals surface area contributed by atoms with Crippen molar-refractivity contribution in [2.45, 2.75) is 80.4 Å². The van der Waals surface area contributed by atoms with E-state index in [-0.39, 0.29) is 62.7 Å². The van der Waals surface area contributed by atoms with E-state index in [1.165, 1.54) is 43.8 Å². The number of carbonyl (C=O) groups is 1. The number of rotatable bonds is 12. The molecule has 61 heavy (non-hydrogen) atoms. The number of benzene rings is 2. The Labute approximate surface area is 351 Å². The summed E-state index contributed by atoms with van der Waals surface area (Å²) in [6.45, 7) is 1.96. The molecule has 8 rings (SSSR count). The molecular weight excluding hydrogens is 872 g/mol. The van der Waals surface area contributed by atoms with Crippen molar-refractivity contribution >= 4 is 54.1 Å². The zero-order chi connectivity index (χ0) is 44.1. The molecule has 3 atom stereocenters. The number of pyridine rings is 1. The van der Waals surface area contributed by atoms with Crippen LogP contribution in [0.15, 0.2) is 42.5 Å². The van der Waals surface area contributed by atoms with E-state index in [0.29, 0.717) is 29.2 Å². The number of sulfone groups is 1. The number of nitrogens with one attached hydrogen (secondary N) is 2. The fourth-order valence-corrected chi connectivity index (χ4v) is 10.6. The molecule has 3 aliphatic rings. The quantitative estimate of drug-likeness (QED) is 0.0993. The van der Waals surface area contributed by atoms with Crippen molar-refractivity contribution in [3.8, 4) is 23.0 Å². The molecule has 2 aromatic carbocycles. The summed E-state index contributed by atoms with van der Waals surface area (Å²) in [4.78, 5) is 18.8. The minimum Gasteiger partial charge on any atom is -0.346 e. The van der Waals surface area contributed by atoms with Crippen LogP contribution in [0.4, 0.5) is 32.2 Å². The van der Waals surface area contributed by atoms with Gasteiger partial charge in [-0.2, -0.15) is 19.0 Å². The smallest absolute Gasteiger partial charge is 0.293 e. The second-order valence-corrected chi connectivity index (χ2v) is 21.0. The van der Waals surface area contributed by atoms with Crippen LogP contribution in [0.3, 0.4) is 0 Å². The van der Waals surface area contributed by atoms with E-state index in [1.807, 2.05) is 0 Å². The van der Waals surface area contributed by atoms with Gasteiger partial charge in [-0.1, -0.05) is 23.6 Å². The summed E-state index contributed by atoms with van der Waals surface area (Å²) in [5.74, 6) is -2.99. The molecule has 2 saturated carbocycles. The molecule has 3 aromatic heterocycles. The lowest BCUT2D eigenvalue weighted by molar-refractivity contribution is -0.123. The summed E-state index contributed by atoms with van der Waals surface area (Å²) in [7, 11) is -6.03. The summed E-state index contributed by atoms with van der Waals surface area (Å²) in [6.07, 6.45) is -1.66. The molecule has 0 unspecified atom stereocenters. The number of nitrogens with zero attached hydrogens (tertiary/aromatic N) is 5. The Morgan fingerprint density at radius 2 is 1.69 bits per heavy atom. The molecule has 2 fully saturated rings.